The van der Waals surface area contributed by atoms with Crippen LogP contribution in [0, 0.1) is 0 Å². The van der Waals surface area contributed by atoms with Crippen molar-refractivity contribution < 1.29 is 14.3 Å². The molecule has 2 amide bonds. The molecular formula is C19H23N3O3. The Morgan fingerprint density at radius 3 is 2.52 bits per heavy atom. The molecule has 0 saturated carbocycles. The average molecular weight is 341 g/mol. The summed E-state index contributed by atoms with van der Waals surface area (Å²) in [6.45, 7) is 5.01. The van der Waals surface area contributed by atoms with E-state index in [4.69, 9.17) is 4.74 Å². The molecule has 0 atom stereocenters. The van der Waals surface area contributed by atoms with E-state index >= 15 is 0 Å². The fourth-order valence-corrected chi connectivity index (χ4v) is 2.25. The van der Waals surface area contributed by atoms with Crippen LogP contribution < -0.4 is 20.7 Å². The Balaban J connectivity index is 1.90. The Kier molecular flexibility index (Phi) is 6.83. The van der Waals surface area contributed by atoms with E-state index in [0.29, 0.717) is 35.8 Å². The highest BCUT2D eigenvalue weighted by Gasteiger charge is 2.07. The summed E-state index contributed by atoms with van der Waals surface area (Å²) in [6.07, 6.45) is 0. The highest BCUT2D eigenvalue weighted by Crippen LogP contribution is 2.17. The van der Waals surface area contributed by atoms with Gasteiger partial charge in [-0.15, -0.1) is 0 Å². The summed E-state index contributed by atoms with van der Waals surface area (Å²) in [5.41, 5.74) is 1.94. The van der Waals surface area contributed by atoms with Crippen molar-refractivity contribution in [3.05, 3.63) is 54.1 Å². The topological polar surface area (TPSA) is 79.5 Å². The maximum Gasteiger partial charge on any atom is 0.251 e. The van der Waals surface area contributed by atoms with E-state index in [-0.39, 0.29) is 18.4 Å². The quantitative estimate of drug-likeness (QED) is 0.690. The van der Waals surface area contributed by atoms with Crippen molar-refractivity contribution in [3.63, 3.8) is 0 Å². The van der Waals surface area contributed by atoms with Crippen molar-refractivity contribution in [2.75, 3.05) is 30.3 Å². The van der Waals surface area contributed by atoms with Gasteiger partial charge < -0.3 is 20.7 Å². The van der Waals surface area contributed by atoms with Crippen molar-refractivity contribution in [2.24, 2.45) is 0 Å². The molecule has 0 aliphatic rings. The number of amides is 2. The molecule has 3 N–H and O–H groups in total. The van der Waals surface area contributed by atoms with Crippen molar-refractivity contribution in [2.45, 2.75) is 13.8 Å². The van der Waals surface area contributed by atoms with Crippen LogP contribution in [-0.4, -0.2) is 31.5 Å². The Morgan fingerprint density at radius 1 is 1.00 bits per heavy atom. The predicted molar refractivity (Wildman–Crippen MR) is 99.2 cm³/mol. The van der Waals surface area contributed by atoms with E-state index in [1.807, 2.05) is 32.0 Å². The third kappa shape index (κ3) is 5.84. The van der Waals surface area contributed by atoms with Crippen LogP contribution in [0.3, 0.4) is 0 Å². The molecule has 2 rings (SSSR count). The van der Waals surface area contributed by atoms with E-state index in [9.17, 15) is 9.59 Å². The number of anilines is 2. The van der Waals surface area contributed by atoms with Crippen LogP contribution in [0.5, 0.6) is 5.75 Å². The lowest BCUT2D eigenvalue weighted by Gasteiger charge is -2.10. The number of hydrogen-bond acceptors (Lipinski definition) is 4. The molecule has 132 valence electrons. The monoisotopic (exact) mass is 341 g/mol. The first kappa shape index (κ1) is 18.3. The molecule has 25 heavy (non-hydrogen) atoms. The lowest BCUT2D eigenvalue weighted by atomic mass is 10.2. The van der Waals surface area contributed by atoms with Crippen LogP contribution in [0.25, 0.3) is 0 Å². The number of benzene rings is 2. The van der Waals surface area contributed by atoms with Gasteiger partial charge in [0.25, 0.3) is 5.91 Å². The molecule has 6 heteroatoms. The summed E-state index contributed by atoms with van der Waals surface area (Å²) in [5, 5.41) is 8.57. The second kappa shape index (κ2) is 9.32. The van der Waals surface area contributed by atoms with Crippen LogP contribution in [0.4, 0.5) is 11.4 Å². The first-order chi connectivity index (χ1) is 12.1. The van der Waals surface area contributed by atoms with Crippen LogP contribution in [0.1, 0.15) is 24.2 Å². The lowest BCUT2D eigenvalue weighted by Crippen LogP contribution is -2.23. The summed E-state index contributed by atoms with van der Waals surface area (Å²) in [5.74, 6) is 0.392. The van der Waals surface area contributed by atoms with Crippen molar-refractivity contribution in [3.8, 4) is 5.75 Å². The van der Waals surface area contributed by atoms with Gasteiger partial charge in [0.05, 0.1) is 13.2 Å². The van der Waals surface area contributed by atoms with Gasteiger partial charge in [0.1, 0.15) is 5.75 Å². The van der Waals surface area contributed by atoms with Gasteiger partial charge in [-0.1, -0.05) is 12.1 Å². The van der Waals surface area contributed by atoms with Gasteiger partial charge in [-0.25, -0.2) is 0 Å². The Morgan fingerprint density at radius 2 is 1.76 bits per heavy atom. The number of carbonyl (C=O) groups excluding carboxylic acids is 2. The van der Waals surface area contributed by atoms with E-state index in [0.717, 1.165) is 0 Å². The Bertz CT molecular complexity index is 731. The highest BCUT2D eigenvalue weighted by molar-refractivity contribution is 5.96. The molecule has 2 aromatic rings. The summed E-state index contributed by atoms with van der Waals surface area (Å²) >= 11 is 0. The smallest absolute Gasteiger partial charge is 0.251 e. The van der Waals surface area contributed by atoms with Crippen molar-refractivity contribution in [1.82, 2.24) is 5.32 Å². The SMILES string of the molecule is CCNC(=O)c1cccc(NCC(=O)Nc2cccc(OCC)c2)c1. The first-order valence-electron chi connectivity index (χ1n) is 8.27. The van der Waals surface area contributed by atoms with Crippen LogP contribution in [-0.2, 0) is 4.79 Å². The molecule has 0 aliphatic heterocycles. The molecule has 0 radical (unpaired) electrons. The van der Waals surface area contributed by atoms with Gasteiger partial charge >= 0.3 is 0 Å². The predicted octanol–water partition coefficient (Wildman–Crippen LogP) is 2.89. The third-order valence-corrected chi connectivity index (χ3v) is 3.34. The van der Waals surface area contributed by atoms with Gasteiger partial charge in [-0.3, -0.25) is 9.59 Å². The maximum absolute atomic E-state index is 12.1. The molecule has 2 aromatic carbocycles. The maximum atomic E-state index is 12.1. The third-order valence-electron chi connectivity index (χ3n) is 3.34. The number of hydrogen-bond donors (Lipinski definition) is 3. The van der Waals surface area contributed by atoms with Crippen molar-refractivity contribution in [1.29, 1.82) is 0 Å². The molecule has 0 fully saturated rings. The lowest BCUT2D eigenvalue weighted by molar-refractivity contribution is -0.114. The number of carbonyl (C=O) groups is 2. The van der Waals surface area contributed by atoms with E-state index in [2.05, 4.69) is 16.0 Å². The Hall–Kier alpha value is -3.02. The number of ether oxygens (including phenoxy) is 1. The second-order valence-electron chi connectivity index (χ2n) is 5.30. The normalized spacial score (nSPS) is 10.0. The van der Waals surface area contributed by atoms with Crippen LogP contribution in [0.15, 0.2) is 48.5 Å². The van der Waals surface area contributed by atoms with E-state index in [1.54, 1.807) is 30.3 Å². The molecule has 0 bridgehead atoms. The average Bonchev–Trinajstić information content (AvgIpc) is 2.61. The van der Waals surface area contributed by atoms with Crippen LogP contribution in [0.2, 0.25) is 0 Å². The molecule has 0 heterocycles. The molecule has 6 nitrogen and oxygen atoms in total. The van der Waals surface area contributed by atoms with E-state index < -0.39 is 0 Å². The van der Waals surface area contributed by atoms with Crippen LogP contribution >= 0.6 is 0 Å². The molecule has 0 saturated heterocycles. The summed E-state index contributed by atoms with van der Waals surface area (Å²) in [4.78, 5) is 23.9. The fourth-order valence-electron chi connectivity index (χ4n) is 2.25. The molecule has 0 aromatic heterocycles. The van der Waals surface area contributed by atoms with Gasteiger partial charge in [0.15, 0.2) is 0 Å². The van der Waals surface area contributed by atoms with Gasteiger partial charge in [-0.05, 0) is 44.2 Å². The number of rotatable bonds is 8. The van der Waals surface area contributed by atoms with Gasteiger partial charge in [0, 0.05) is 29.5 Å². The standard InChI is InChI=1S/C19H23N3O3/c1-3-20-19(24)14-7-5-8-15(11-14)21-13-18(23)22-16-9-6-10-17(12-16)25-4-2/h5-12,21H,3-4,13H2,1-2H3,(H,20,24)(H,22,23). The van der Waals surface area contributed by atoms with Crippen molar-refractivity contribution >= 4 is 23.2 Å². The first-order valence-corrected chi connectivity index (χ1v) is 8.27. The zero-order chi connectivity index (χ0) is 18.1. The molecule has 0 aliphatic carbocycles. The van der Waals surface area contributed by atoms with Gasteiger partial charge in [0.2, 0.25) is 5.91 Å². The fraction of sp³-hybridized carbons (Fsp3) is 0.263. The largest absolute Gasteiger partial charge is 0.494 e. The summed E-state index contributed by atoms with van der Waals surface area (Å²) < 4.78 is 5.41. The zero-order valence-electron chi connectivity index (χ0n) is 14.5. The minimum Gasteiger partial charge on any atom is -0.494 e. The zero-order valence-corrected chi connectivity index (χ0v) is 14.5. The minimum absolute atomic E-state index is 0.0950. The second-order valence-corrected chi connectivity index (χ2v) is 5.30. The summed E-state index contributed by atoms with van der Waals surface area (Å²) in [7, 11) is 0. The molecule has 0 unspecified atom stereocenters. The number of nitrogens with one attached hydrogen (secondary N) is 3. The van der Waals surface area contributed by atoms with E-state index in [1.165, 1.54) is 0 Å². The summed E-state index contributed by atoms with van der Waals surface area (Å²) in [6, 6.07) is 14.3. The molecular weight excluding hydrogens is 318 g/mol. The Labute approximate surface area is 147 Å². The minimum atomic E-state index is -0.183. The molecule has 0 spiro atoms. The highest BCUT2D eigenvalue weighted by atomic mass is 16.5. The van der Waals surface area contributed by atoms with Gasteiger partial charge in [-0.2, -0.15) is 0 Å².